The fraction of sp³-hybridized carbons (Fsp3) is 0.415. The monoisotopic (exact) mass is 815 g/mol. The highest BCUT2D eigenvalue weighted by Gasteiger charge is 2.31. The molecular weight excluding hydrogens is 769 g/mol. The highest BCUT2D eigenvalue weighted by Crippen LogP contribution is 2.39. The van der Waals surface area contributed by atoms with Crippen molar-refractivity contribution in [3.8, 4) is 0 Å². The third-order valence-corrected chi connectivity index (χ3v) is 13.1. The molecule has 1 aromatic heterocycles. The maximum Gasteiger partial charge on any atom is 0.234 e. The molecule has 0 aliphatic carbocycles. The SMILES string of the molecule is CS(=O)(=O)N1CCc2cccc(Nc3nc(Nc4ccc(N5CCC(N6CCN(CCc7ccc(C8CCC(=O)NC8=O)cc7)CC6)CC5)c(F)c4)ncc3Cl)c21. The number of sulfonamides is 1. The molecule has 16 heteroatoms. The van der Waals surface area contributed by atoms with E-state index in [2.05, 4.69) is 52.8 Å². The minimum atomic E-state index is -3.47. The van der Waals surface area contributed by atoms with Gasteiger partial charge in [-0.2, -0.15) is 4.98 Å². The number of piperidine rings is 2. The molecule has 8 rings (SSSR count). The normalized spacial score (nSPS) is 19.7. The summed E-state index contributed by atoms with van der Waals surface area (Å²) in [5.41, 5.74) is 5.33. The van der Waals surface area contributed by atoms with Crippen LogP contribution in [0.1, 0.15) is 48.3 Å². The van der Waals surface area contributed by atoms with Gasteiger partial charge in [-0.25, -0.2) is 17.8 Å². The summed E-state index contributed by atoms with van der Waals surface area (Å²) < 4.78 is 41.9. The average Bonchev–Trinajstić information content (AvgIpc) is 3.66. The molecule has 0 spiro atoms. The zero-order valence-corrected chi connectivity index (χ0v) is 33.5. The first-order valence-corrected chi connectivity index (χ1v) is 21.8. The summed E-state index contributed by atoms with van der Waals surface area (Å²) in [7, 11) is -3.47. The third-order valence-electron chi connectivity index (χ3n) is 11.6. The van der Waals surface area contributed by atoms with Gasteiger partial charge in [0.1, 0.15) is 10.8 Å². The molecule has 4 aliphatic heterocycles. The number of halogens is 2. The Hall–Kier alpha value is -4.83. The van der Waals surface area contributed by atoms with Crippen LogP contribution in [-0.4, -0.2) is 105 Å². The Morgan fingerprint density at radius 3 is 2.40 bits per heavy atom. The fourth-order valence-corrected chi connectivity index (χ4v) is 9.61. The molecule has 3 aromatic carbocycles. The Balaban J connectivity index is 0.805. The van der Waals surface area contributed by atoms with Gasteiger partial charge in [-0.05, 0) is 73.1 Å². The molecule has 1 atom stereocenters. The van der Waals surface area contributed by atoms with E-state index in [4.69, 9.17) is 11.6 Å². The topological polar surface area (TPSA) is 143 Å². The Kier molecular flexibility index (Phi) is 11.3. The van der Waals surface area contributed by atoms with Crippen LogP contribution in [0.25, 0.3) is 0 Å². The van der Waals surface area contributed by atoms with Crippen LogP contribution in [0.5, 0.6) is 0 Å². The van der Waals surface area contributed by atoms with Gasteiger partial charge in [-0.1, -0.05) is 48.0 Å². The number of benzene rings is 3. The minimum Gasteiger partial charge on any atom is -0.369 e. The first-order valence-electron chi connectivity index (χ1n) is 19.6. The van der Waals surface area contributed by atoms with E-state index < -0.39 is 10.0 Å². The first kappa shape index (κ1) is 39.0. The van der Waals surface area contributed by atoms with Crippen LogP contribution in [0.2, 0.25) is 5.02 Å². The molecule has 13 nitrogen and oxygen atoms in total. The van der Waals surface area contributed by atoms with Crippen LogP contribution in [0.4, 0.5) is 38.9 Å². The lowest BCUT2D eigenvalue weighted by Gasteiger charge is -2.43. The van der Waals surface area contributed by atoms with Crippen molar-refractivity contribution in [1.29, 1.82) is 0 Å². The van der Waals surface area contributed by atoms with Crippen LogP contribution in [0, 0.1) is 5.82 Å². The molecule has 4 aliphatic rings. The summed E-state index contributed by atoms with van der Waals surface area (Å²) in [5, 5.41) is 8.97. The zero-order valence-electron chi connectivity index (χ0n) is 31.9. The summed E-state index contributed by atoms with van der Waals surface area (Å²) >= 11 is 6.45. The van der Waals surface area contributed by atoms with Crippen molar-refractivity contribution in [1.82, 2.24) is 25.1 Å². The number of aromatic nitrogens is 2. The van der Waals surface area contributed by atoms with E-state index in [0.29, 0.717) is 60.4 Å². The van der Waals surface area contributed by atoms with Crippen LogP contribution in [-0.2, 0) is 32.5 Å². The van der Waals surface area contributed by atoms with E-state index in [1.54, 1.807) is 12.1 Å². The number of carbonyl (C=O) groups excluding carboxylic acids is 2. The van der Waals surface area contributed by atoms with Gasteiger partial charge in [0.2, 0.25) is 27.8 Å². The molecule has 4 aromatic rings. The summed E-state index contributed by atoms with van der Waals surface area (Å²) in [4.78, 5) is 39.8. The number of nitrogens with one attached hydrogen (secondary N) is 3. The lowest BCUT2D eigenvalue weighted by molar-refractivity contribution is -0.134. The highest BCUT2D eigenvalue weighted by atomic mass is 35.5. The van der Waals surface area contributed by atoms with Crippen molar-refractivity contribution in [2.75, 3.05) is 78.5 Å². The second kappa shape index (κ2) is 16.6. The number of hydrogen-bond donors (Lipinski definition) is 3. The predicted molar refractivity (Wildman–Crippen MR) is 221 cm³/mol. The maximum atomic E-state index is 15.6. The lowest BCUT2D eigenvalue weighted by Crippen LogP contribution is -2.53. The molecule has 300 valence electrons. The Bertz CT molecular complexity index is 2250. The number of imide groups is 1. The molecule has 0 radical (unpaired) electrons. The third kappa shape index (κ3) is 8.86. The standard InChI is InChI=1S/C41H47ClFN9O4S/c1-57(55,56)52-20-14-29-3-2-4-35(38(29)52)46-39-33(42)26-44-41(48-39)45-30-9-11-36(34(43)25-30)51-18-15-31(16-19-51)50-23-21-49(22-24-50)17-13-27-5-7-28(8-6-27)32-10-12-37(53)47-40(32)54/h2-9,11,25-26,31-32H,10,12-24H2,1H3,(H,47,53,54)(H2,44,45,46,48). The van der Waals surface area contributed by atoms with Crippen LogP contribution >= 0.6 is 11.6 Å². The van der Waals surface area contributed by atoms with Crippen molar-refractivity contribution in [2.24, 2.45) is 0 Å². The number of hydrogen-bond acceptors (Lipinski definition) is 11. The summed E-state index contributed by atoms with van der Waals surface area (Å²) in [5.74, 6) is -0.469. The second-order valence-electron chi connectivity index (χ2n) is 15.3. The largest absolute Gasteiger partial charge is 0.369 e. The quantitative estimate of drug-likeness (QED) is 0.167. The van der Waals surface area contributed by atoms with E-state index >= 15 is 4.39 Å². The second-order valence-corrected chi connectivity index (χ2v) is 17.6. The van der Waals surface area contributed by atoms with Crippen molar-refractivity contribution < 1.29 is 22.4 Å². The highest BCUT2D eigenvalue weighted by molar-refractivity contribution is 7.92. The fourth-order valence-electron chi connectivity index (χ4n) is 8.51. The number of carbonyl (C=O) groups is 2. The number of rotatable bonds is 11. The molecule has 0 saturated carbocycles. The Labute approximate surface area is 337 Å². The van der Waals surface area contributed by atoms with Crippen molar-refractivity contribution >= 4 is 68.0 Å². The lowest BCUT2D eigenvalue weighted by atomic mass is 9.90. The number of nitrogens with zero attached hydrogens (tertiary/aromatic N) is 6. The molecule has 5 heterocycles. The summed E-state index contributed by atoms with van der Waals surface area (Å²) in [6.45, 7) is 6.97. The molecular formula is C41H47ClFN9O4S. The van der Waals surface area contributed by atoms with Gasteiger partial charge in [-0.3, -0.25) is 24.1 Å². The van der Waals surface area contributed by atoms with Crippen molar-refractivity contribution in [2.45, 2.75) is 50.5 Å². The predicted octanol–water partition coefficient (Wildman–Crippen LogP) is 5.43. The smallest absolute Gasteiger partial charge is 0.234 e. The number of fused-ring (bicyclic) bond motifs is 1. The molecule has 3 saturated heterocycles. The van der Waals surface area contributed by atoms with E-state index in [1.165, 1.54) is 28.4 Å². The van der Waals surface area contributed by atoms with Crippen LogP contribution < -0.4 is 25.2 Å². The van der Waals surface area contributed by atoms with Gasteiger partial charge in [0.25, 0.3) is 0 Å². The average molecular weight is 816 g/mol. The maximum absolute atomic E-state index is 15.6. The van der Waals surface area contributed by atoms with Gasteiger partial charge >= 0.3 is 0 Å². The molecule has 0 bridgehead atoms. The molecule has 57 heavy (non-hydrogen) atoms. The van der Waals surface area contributed by atoms with Crippen LogP contribution in [0.15, 0.2) is 66.9 Å². The first-order chi connectivity index (χ1) is 27.5. The zero-order chi connectivity index (χ0) is 39.7. The van der Waals surface area contributed by atoms with Gasteiger partial charge in [-0.15, -0.1) is 0 Å². The van der Waals surface area contributed by atoms with Gasteiger partial charge in [0.05, 0.1) is 35.4 Å². The Morgan fingerprint density at radius 1 is 0.912 bits per heavy atom. The van der Waals surface area contributed by atoms with Crippen molar-refractivity contribution in [3.05, 3.63) is 94.4 Å². The molecule has 3 N–H and O–H groups in total. The molecule has 3 fully saturated rings. The van der Waals surface area contributed by atoms with Crippen LogP contribution in [0.3, 0.4) is 0 Å². The molecule has 1 unspecified atom stereocenters. The van der Waals surface area contributed by atoms with E-state index in [0.717, 1.165) is 76.2 Å². The number of anilines is 6. The molecule has 2 amide bonds. The van der Waals surface area contributed by atoms with E-state index in [1.807, 2.05) is 30.3 Å². The minimum absolute atomic E-state index is 0.191. The Morgan fingerprint density at radius 2 is 1.68 bits per heavy atom. The summed E-state index contributed by atoms with van der Waals surface area (Å²) in [6.07, 6.45) is 7.08. The summed E-state index contributed by atoms with van der Waals surface area (Å²) in [6, 6.07) is 19.3. The van der Waals surface area contributed by atoms with E-state index in [9.17, 15) is 18.0 Å². The van der Waals surface area contributed by atoms with E-state index in [-0.39, 0.29) is 34.5 Å². The van der Waals surface area contributed by atoms with Gasteiger partial charge < -0.3 is 20.4 Å². The number of amides is 2. The van der Waals surface area contributed by atoms with Gasteiger partial charge in [0.15, 0.2) is 5.82 Å². The number of para-hydroxylation sites is 1. The van der Waals surface area contributed by atoms with Gasteiger partial charge in [0, 0.05) is 70.5 Å². The number of piperazine rings is 1. The van der Waals surface area contributed by atoms with Crippen molar-refractivity contribution in [3.63, 3.8) is 0 Å².